The number of aryl methyl sites for hydroxylation is 1. The quantitative estimate of drug-likeness (QED) is 0.689. The molecule has 0 fully saturated rings. The highest BCUT2D eigenvalue weighted by Gasteiger charge is 2.08. The summed E-state index contributed by atoms with van der Waals surface area (Å²) in [6, 6.07) is 0. The third kappa shape index (κ3) is 6.07. The van der Waals surface area contributed by atoms with E-state index in [1.807, 2.05) is 11.8 Å². The van der Waals surface area contributed by atoms with Crippen LogP contribution in [0.5, 0.6) is 0 Å². The van der Waals surface area contributed by atoms with Crippen LogP contribution in [0.3, 0.4) is 0 Å². The summed E-state index contributed by atoms with van der Waals surface area (Å²) in [6.45, 7) is 5.14. The first kappa shape index (κ1) is 14.5. The van der Waals surface area contributed by atoms with E-state index >= 15 is 0 Å². The van der Waals surface area contributed by atoms with Crippen molar-refractivity contribution in [1.29, 1.82) is 0 Å². The molecule has 1 aromatic heterocycles. The van der Waals surface area contributed by atoms with E-state index in [-0.39, 0.29) is 0 Å². The molecule has 17 heavy (non-hydrogen) atoms. The van der Waals surface area contributed by atoms with Crippen molar-refractivity contribution < 1.29 is 4.52 Å². The molecule has 5 heteroatoms. The van der Waals surface area contributed by atoms with Crippen LogP contribution in [0.15, 0.2) is 4.52 Å². The second-order valence-electron chi connectivity index (χ2n) is 4.38. The molecule has 1 unspecified atom stereocenters. The Morgan fingerprint density at radius 3 is 2.94 bits per heavy atom. The highest BCUT2D eigenvalue weighted by molar-refractivity contribution is 7.98. The molecular weight excluding hydrogens is 234 g/mol. The Labute approximate surface area is 108 Å². The Morgan fingerprint density at radius 1 is 1.41 bits per heavy atom. The lowest BCUT2D eigenvalue weighted by Gasteiger charge is -2.06. The Morgan fingerprint density at radius 2 is 2.24 bits per heavy atom. The predicted octanol–water partition coefficient (Wildman–Crippen LogP) is 2.63. The molecule has 1 heterocycles. The highest BCUT2D eigenvalue weighted by Crippen LogP contribution is 2.13. The highest BCUT2D eigenvalue weighted by atomic mass is 32.2. The Balaban J connectivity index is 2.25. The van der Waals surface area contributed by atoms with Crippen LogP contribution in [-0.2, 0) is 12.2 Å². The first-order valence-corrected chi connectivity index (χ1v) is 7.51. The summed E-state index contributed by atoms with van der Waals surface area (Å²) in [4.78, 5) is 4.38. The summed E-state index contributed by atoms with van der Waals surface area (Å²) in [5, 5.41) is 3.98. The van der Waals surface area contributed by atoms with E-state index < -0.39 is 0 Å². The molecule has 2 N–H and O–H groups in total. The second kappa shape index (κ2) is 8.53. The number of rotatable bonds is 9. The Bertz CT molecular complexity index is 304. The maximum atomic E-state index is 5.52. The molecular formula is C12H23N3OS. The van der Waals surface area contributed by atoms with Gasteiger partial charge in [-0.05, 0) is 37.5 Å². The molecule has 0 saturated heterocycles. The number of hydrogen-bond acceptors (Lipinski definition) is 5. The second-order valence-corrected chi connectivity index (χ2v) is 5.48. The molecule has 0 saturated carbocycles. The van der Waals surface area contributed by atoms with Crippen molar-refractivity contribution in [1.82, 2.24) is 10.1 Å². The maximum Gasteiger partial charge on any atom is 0.226 e. The largest absolute Gasteiger partial charge is 0.339 e. The van der Waals surface area contributed by atoms with Gasteiger partial charge < -0.3 is 10.3 Å². The molecule has 0 aromatic carbocycles. The zero-order valence-corrected chi connectivity index (χ0v) is 11.6. The minimum Gasteiger partial charge on any atom is -0.339 e. The van der Waals surface area contributed by atoms with Gasteiger partial charge in [0, 0.05) is 6.42 Å². The number of nitrogens with zero attached hydrogens (tertiary/aromatic N) is 2. The summed E-state index contributed by atoms with van der Waals surface area (Å²) in [7, 11) is 0. The van der Waals surface area contributed by atoms with Crippen molar-refractivity contribution >= 4 is 11.8 Å². The van der Waals surface area contributed by atoms with E-state index in [4.69, 9.17) is 10.3 Å². The molecule has 0 aliphatic rings. The number of thioether (sulfide) groups is 1. The predicted molar refractivity (Wildman–Crippen MR) is 71.9 cm³/mol. The third-order valence-electron chi connectivity index (χ3n) is 2.60. The van der Waals surface area contributed by atoms with Gasteiger partial charge in [-0.2, -0.15) is 16.7 Å². The average molecular weight is 257 g/mol. The van der Waals surface area contributed by atoms with Crippen molar-refractivity contribution in [3.05, 3.63) is 11.7 Å². The van der Waals surface area contributed by atoms with Crippen molar-refractivity contribution in [2.75, 3.05) is 12.3 Å². The van der Waals surface area contributed by atoms with Gasteiger partial charge in [-0.25, -0.2) is 0 Å². The lowest BCUT2D eigenvalue weighted by atomic mass is 10.0. The van der Waals surface area contributed by atoms with E-state index in [1.165, 1.54) is 6.42 Å². The van der Waals surface area contributed by atoms with Crippen LogP contribution in [0.2, 0.25) is 0 Å². The van der Waals surface area contributed by atoms with Crippen LogP contribution >= 0.6 is 11.8 Å². The Hall–Kier alpha value is -0.550. The van der Waals surface area contributed by atoms with Gasteiger partial charge in [0.25, 0.3) is 0 Å². The fraction of sp³-hybridized carbons (Fsp3) is 0.833. The Kier molecular flexibility index (Phi) is 7.28. The van der Waals surface area contributed by atoms with Crippen LogP contribution in [0.1, 0.15) is 44.8 Å². The van der Waals surface area contributed by atoms with Crippen molar-refractivity contribution in [3.8, 4) is 0 Å². The third-order valence-corrected chi connectivity index (χ3v) is 3.76. The smallest absolute Gasteiger partial charge is 0.226 e. The standard InChI is InChI=1S/C12H23N3OS/c1-3-8-17-9-11-14-12(16-15-11)5-4-10(2)6-7-13/h10H,3-9,13H2,1-2H3. The average Bonchev–Trinajstić information content (AvgIpc) is 2.75. The maximum absolute atomic E-state index is 5.52. The lowest BCUT2D eigenvalue weighted by molar-refractivity contribution is 0.359. The molecule has 1 aromatic rings. The molecule has 1 atom stereocenters. The van der Waals surface area contributed by atoms with E-state index in [0.717, 1.165) is 49.0 Å². The van der Waals surface area contributed by atoms with Crippen LogP contribution in [0, 0.1) is 5.92 Å². The molecule has 1 rings (SSSR count). The molecule has 0 aliphatic heterocycles. The summed E-state index contributed by atoms with van der Waals surface area (Å²) in [5.74, 6) is 4.23. The molecule has 0 radical (unpaired) electrons. The normalized spacial score (nSPS) is 12.9. The zero-order chi connectivity index (χ0) is 12.5. The first-order chi connectivity index (χ1) is 8.26. The lowest BCUT2D eigenvalue weighted by Crippen LogP contribution is -2.06. The number of nitrogens with two attached hydrogens (primary N) is 1. The minimum absolute atomic E-state index is 0.629. The molecule has 4 nitrogen and oxygen atoms in total. The van der Waals surface area contributed by atoms with Gasteiger partial charge >= 0.3 is 0 Å². The van der Waals surface area contributed by atoms with Crippen molar-refractivity contribution in [3.63, 3.8) is 0 Å². The first-order valence-electron chi connectivity index (χ1n) is 6.35. The van der Waals surface area contributed by atoms with Crippen molar-refractivity contribution in [2.24, 2.45) is 11.7 Å². The van der Waals surface area contributed by atoms with Crippen LogP contribution < -0.4 is 5.73 Å². The van der Waals surface area contributed by atoms with Gasteiger partial charge in [0.05, 0.1) is 5.75 Å². The number of aromatic nitrogens is 2. The van der Waals surface area contributed by atoms with Gasteiger partial charge in [0.2, 0.25) is 5.89 Å². The van der Waals surface area contributed by atoms with Gasteiger partial charge in [0.15, 0.2) is 5.82 Å². The SMILES string of the molecule is CCCSCc1noc(CCC(C)CCN)n1. The molecule has 98 valence electrons. The summed E-state index contributed by atoms with van der Waals surface area (Å²) >= 11 is 1.85. The monoisotopic (exact) mass is 257 g/mol. The summed E-state index contributed by atoms with van der Waals surface area (Å²) < 4.78 is 5.22. The summed E-state index contributed by atoms with van der Waals surface area (Å²) in [6.07, 6.45) is 4.19. The van der Waals surface area contributed by atoms with Gasteiger partial charge in [-0.1, -0.05) is 19.0 Å². The van der Waals surface area contributed by atoms with Crippen LogP contribution in [0.4, 0.5) is 0 Å². The summed E-state index contributed by atoms with van der Waals surface area (Å²) in [5.41, 5.74) is 5.52. The topological polar surface area (TPSA) is 64.9 Å². The van der Waals surface area contributed by atoms with Gasteiger partial charge in [-0.3, -0.25) is 0 Å². The zero-order valence-electron chi connectivity index (χ0n) is 10.8. The fourth-order valence-electron chi connectivity index (χ4n) is 1.56. The molecule has 0 aliphatic carbocycles. The van der Waals surface area contributed by atoms with Crippen molar-refractivity contribution in [2.45, 2.75) is 45.3 Å². The van der Waals surface area contributed by atoms with E-state index in [0.29, 0.717) is 5.92 Å². The van der Waals surface area contributed by atoms with Crippen LogP contribution in [0.25, 0.3) is 0 Å². The van der Waals surface area contributed by atoms with E-state index in [1.54, 1.807) is 0 Å². The molecule has 0 spiro atoms. The van der Waals surface area contributed by atoms with Gasteiger partial charge in [0.1, 0.15) is 0 Å². The van der Waals surface area contributed by atoms with E-state index in [2.05, 4.69) is 24.0 Å². The fourth-order valence-corrected chi connectivity index (χ4v) is 2.29. The van der Waals surface area contributed by atoms with E-state index in [9.17, 15) is 0 Å². The molecule has 0 amide bonds. The van der Waals surface area contributed by atoms with Gasteiger partial charge in [-0.15, -0.1) is 0 Å². The number of hydrogen-bond donors (Lipinski definition) is 1. The minimum atomic E-state index is 0.629. The molecule has 0 bridgehead atoms. The van der Waals surface area contributed by atoms with Crippen LogP contribution in [-0.4, -0.2) is 22.4 Å².